The van der Waals surface area contributed by atoms with E-state index in [9.17, 15) is 19.2 Å². The summed E-state index contributed by atoms with van der Waals surface area (Å²) < 4.78 is 6.07. The number of ether oxygens (including phenoxy) is 1. The zero-order valence-corrected chi connectivity index (χ0v) is 22.2. The molecule has 0 radical (unpaired) electrons. The van der Waals surface area contributed by atoms with Crippen molar-refractivity contribution in [2.75, 3.05) is 18.5 Å². The Labute approximate surface area is 228 Å². The minimum Gasteiger partial charge on any atom is -0.454 e. The van der Waals surface area contributed by atoms with Crippen molar-refractivity contribution in [3.8, 4) is 0 Å². The summed E-state index contributed by atoms with van der Waals surface area (Å²) in [6.45, 7) is 0.953. The number of aryl methyl sites for hydroxylation is 1. The van der Waals surface area contributed by atoms with Crippen LogP contribution in [0.25, 0.3) is 0 Å². The van der Waals surface area contributed by atoms with Gasteiger partial charge in [0, 0.05) is 22.0 Å². The Morgan fingerprint density at radius 1 is 0.868 bits per heavy atom. The van der Waals surface area contributed by atoms with Gasteiger partial charge in [-0.2, -0.15) is 0 Å². The van der Waals surface area contributed by atoms with Gasteiger partial charge in [-0.05, 0) is 52.4 Å². The number of rotatable bonds is 6. The Morgan fingerprint density at radius 3 is 1.89 bits per heavy atom. The molecule has 8 heteroatoms. The van der Waals surface area contributed by atoms with Crippen molar-refractivity contribution >= 4 is 45.3 Å². The monoisotopic (exact) mass is 572 g/mol. The summed E-state index contributed by atoms with van der Waals surface area (Å²) >= 11 is 3.41. The number of halogens is 1. The number of imide groups is 1. The minimum absolute atomic E-state index is 0.237. The summed E-state index contributed by atoms with van der Waals surface area (Å²) in [7, 11) is 0. The number of carbonyl (C=O) groups is 4. The molecule has 1 N–H and O–H groups in total. The first kappa shape index (κ1) is 24.6. The Bertz CT molecular complexity index is 1390. The first-order valence-electron chi connectivity index (χ1n) is 12.7. The van der Waals surface area contributed by atoms with Crippen LogP contribution in [0.4, 0.5) is 5.69 Å². The molecule has 0 saturated carbocycles. The first-order valence-corrected chi connectivity index (χ1v) is 13.4. The molecule has 2 bridgehead atoms. The topological polar surface area (TPSA) is 92.8 Å². The largest absolute Gasteiger partial charge is 0.454 e. The highest BCUT2D eigenvalue weighted by atomic mass is 79.9. The van der Waals surface area contributed by atoms with Crippen LogP contribution >= 0.6 is 15.9 Å². The van der Waals surface area contributed by atoms with Crippen molar-refractivity contribution in [3.05, 3.63) is 99.0 Å². The van der Waals surface area contributed by atoms with Crippen LogP contribution < -0.4 is 5.32 Å². The number of likely N-dealkylation sites (tertiary alicyclic amines) is 1. The molecule has 4 aliphatic rings. The van der Waals surface area contributed by atoms with E-state index in [4.69, 9.17) is 4.74 Å². The zero-order chi connectivity index (χ0) is 26.6. The van der Waals surface area contributed by atoms with Crippen LogP contribution in [-0.4, -0.2) is 41.7 Å². The zero-order valence-electron chi connectivity index (χ0n) is 20.6. The smallest absolute Gasteiger partial charge is 0.326 e. The van der Waals surface area contributed by atoms with Crippen LogP contribution in [-0.2, 0) is 30.3 Å². The van der Waals surface area contributed by atoms with E-state index in [0.29, 0.717) is 12.1 Å². The van der Waals surface area contributed by atoms with Gasteiger partial charge in [0.1, 0.15) is 6.54 Å². The van der Waals surface area contributed by atoms with Gasteiger partial charge in [-0.25, -0.2) is 0 Å². The number of carbonyl (C=O) groups excluding carboxylic acids is 4. The Kier molecular flexibility index (Phi) is 6.14. The molecule has 3 aromatic carbocycles. The number of benzene rings is 3. The summed E-state index contributed by atoms with van der Waals surface area (Å²) in [5.41, 5.74) is 5.85. The van der Waals surface area contributed by atoms with E-state index in [0.717, 1.165) is 37.2 Å². The van der Waals surface area contributed by atoms with Crippen molar-refractivity contribution in [3.63, 3.8) is 0 Å². The highest BCUT2D eigenvalue weighted by Gasteiger charge is 2.61. The van der Waals surface area contributed by atoms with Gasteiger partial charge in [0.05, 0.1) is 11.8 Å². The fraction of sp³-hybridized carbons (Fsp3) is 0.267. The normalized spacial score (nSPS) is 22.5. The molecule has 1 aliphatic heterocycles. The summed E-state index contributed by atoms with van der Waals surface area (Å²) in [5, 5.41) is 2.75. The Morgan fingerprint density at radius 2 is 1.39 bits per heavy atom. The van der Waals surface area contributed by atoms with Gasteiger partial charge in [0.25, 0.3) is 5.91 Å². The van der Waals surface area contributed by atoms with E-state index >= 15 is 0 Å². The second kappa shape index (κ2) is 9.51. The van der Waals surface area contributed by atoms with Gasteiger partial charge < -0.3 is 10.1 Å². The summed E-state index contributed by atoms with van der Waals surface area (Å²) in [6.07, 6.45) is 0.714. The molecule has 7 rings (SSSR count). The van der Waals surface area contributed by atoms with E-state index in [1.165, 1.54) is 0 Å². The maximum absolute atomic E-state index is 13.6. The van der Waals surface area contributed by atoms with Crippen LogP contribution in [0.15, 0.2) is 71.2 Å². The lowest BCUT2D eigenvalue weighted by Gasteiger charge is -2.45. The van der Waals surface area contributed by atoms with E-state index in [-0.39, 0.29) is 23.7 Å². The molecule has 1 fully saturated rings. The quantitative estimate of drug-likeness (QED) is 0.349. The molecule has 38 heavy (non-hydrogen) atoms. The molecular weight excluding hydrogens is 548 g/mol. The lowest BCUT2D eigenvalue weighted by atomic mass is 9.55. The van der Waals surface area contributed by atoms with Crippen molar-refractivity contribution < 1.29 is 23.9 Å². The van der Waals surface area contributed by atoms with Crippen molar-refractivity contribution in [2.24, 2.45) is 11.8 Å². The number of hydrogen-bond acceptors (Lipinski definition) is 5. The highest BCUT2D eigenvalue weighted by molar-refractivity contribution is 9.10. The second-order valence-electron chi connectivity index (χ2n) is 9.89. The number of amides is 3. The average molecular weight is 573 g/mol. The van der Waals surface area contributed by atoms with Crippen LogP contribution in [0, 0.1) is 11.8 Å². The third kappa shape index (κ3) is 3.86. The summed E-state index contributed by atoms with van der Waals surface area (Å²) in [5.74, 6) is -3.60. The highest BCUT2D eigenvalue weighted by Crippen LogP contribution is 2.60. The molecule has 1 heterocycles. The van der Waals surface area contributed by atoms with Gasteiger partial charge in [-0.15, -0.1) is 0 Å². The number of hydrogen-bond donors (Lipinski definition) is 1. The maximum Gasteiger partial charge on any atom is 0.326 e. The van der Waals surface area contributed by atoms with Gasteiger partial charge in [-0.1, -0.05) is 71.4 Å². The van der Waals surface area contributed by atoms with E-state index in [2.05, 4.69) is 21.2 Å². The van der Waals surface area contributed by atoms with E-state index < -0.39 is 36.9 Å². The van der Waals surface area contributed by atoms with Crippen molar-refractivity contribution in [2.45, 2.75) is 25.2 Å². The first-order chi connectivity index (χ1) is 18.4. The summed E-state index contributed by atoms with van der Waals surface area (Å²) in [6, 6.07) is 21.4. The maximum atomic E-state index is 13.6. The molecule has 192 valence electrons. The average Bonchev–Trinajstić information content (AvgIpc) is 3.18. The van der Waals surface area contributed by atoms with Crippen LogP contribution in [0.3, 0.4) is 0 Å². The van der Waals surface area contributed by atoms with Gasteiger partial charge >= 0.3 is 5.97 Å². The molecule has 3 amide bonds. The number of nitrogens with one attached hydrogen (secondary N) is 1. The minimum atomic E-state index is -0.797. The molecule has 2 atom stereocenters. The van der Waals surface area contributed by atoms with E-state index in [1.807, 2.05) is 67.6 Å². The van der Waals surface area contributed by atoms with Crippen molar-refractivity contribution in [1.82, 2.24) is 4.90 Å². The van der Waals surface area contributed by atoms with Crippen molar-refractivity contribution in [1.29, 1.82) is 0 Å². The van der Waals surface area contributed by atoms with Gasteiger partial charge in [0.15, 0.2) is 6.61 Å². The molecule has 3 aliphatic carbocycles. The Hall–Kier alpha value is -3.78. The van der Waals surface area contributed by atoms with Gasteiger partial charge in [0.2, 0.25) is 11.8 Å². The Balaban J connectivity index is 1.17. The second-order valence-corrected chi connectivity index (χ2v) is 10.8. The lowest BCUT2D eigenvalue weighted by molar-refractivity contribution is -0.154. The fourth-order valence-corrected chi connectivity index (χ4v) is 6.79. The van der Waals surface area contributed by atoms with E-state index in [1.54, 1.807) is 6.07 Å². The number of nitrogens with zero attached hydrogens (tertiary/aromatic N) is 1. The SMILES string of the molecule is CCc1cc(Br)ccc1NC(=O)COC(=O)CN1C(=O)[C@@H]2C3c4ccccc4C(c4ccccc43)[C@@H]2C1=O. The predicted molar refractivity (Wildman–Crippen MR) is 143 cm³/mol. The number of esters is 1. The van der Waals surface area contributed by atoms with Crippen LogP contribution in [0.5, 0.6) is 0 Å². The standard InChI is InChI=1S/C30H25BrN2O5/c1-2-16-13-17(31)11-12-22(16)32-23(34)15-38-24(35)14-33-29(36)27-25-18-7-3-4-8-19(18)26(28(27)30(33)37)21-10-6-5-9-20(21)25/h3-13,25-28H,2,14-15H2,1H3,(H,32,34)/t25?,26?,27-,28+. The molecule has 0 aromatic heterocycles. The third-order valence-corrected chi connectivity index (χ3v) is 8.41. The predicted octanol–water partition coefficient (Wildman–Crippen LogP) is 4.39. The molecule has 0 spiro atoms. The molecule has 0 unspecified atom stereocenters. The molecule has 3 aromatic rings. The molecular formula is C30H25BrN2O5. The third-order valence-electron chi connectivity index (χ3n) is 7.91. The van der Waals surface area contributed by atoms with Crippen LogP contribution in [0.1, 0.15) is 46.6 Å². The molecule has 1 saturated heterocycles. The van der Waals surface area contributed by atoms with Crippen LogP contribution in [0.2, 0.25) is 0 Å². The summed E-state index contributed by atoms with van der Waals surface area (Å²) in [4.78, 5) is 53.3. The molecule has 7 nitrogen and oxygen atoms in total. The number of anilines is 1. The van der Waals surface area contributed by atoms with Gasteiger partial charge in [-0.3, -0.25) is 24.1 Å². The lowest BCUT2D eigenvalue weighted by Crippen LogP contribution is -2.41. The fourth-order valence-electron chi connectivity index (χ4n) is 6.38.